The highest BCUT2D eigenvalue weighted by Gasteiger charge is 2.23. The molecule has 0 unspecified atom stereocenters. The van der Waals surface area contributed by atoms with Crippen LogP contribution in [0.5, 0.6) is 0 Å². The summed E-state index contributed by atoms with van der Waals surface area (Å²) in [4.78, 5) is 2.41. The van der Waals surface area contributed by atoms with Crippen LogP contribution in [0.25, 0.3) is 93.6 Å². The molecule has 2 heterocycles. The number of aromatic nitrogens is 1. The quantitative estimate of drug-likeness (QED) is 0.161. The van der Waals surface area contributed by atoms with E-state index in [1.807, 2.05) is 6.07 Å². The van der Waals surface area contributed by atoms with E-state index in [2.05, 4.69) is 234 Å². The minimum absolute atomic E-state index is 0.885. The van der Waals surface area contributed by atoms with Crippen molar-refractivity contribution in [3.05, 3.63) is 231 Å². The summed E-state index contributed by atoms with van der Waals surface area (Å²) in [5, 5.41) is 7.06. The predicted octanol–water partition coefficient (Wildman–Crippen LogP) is 16.3. The molecule has 0 aliphatic carbocycles. The Morgan fingerprint density at radius 1 is 0.344 bits per heavy atom. The molecular weight excluding hydrogens is 741 g/mol. The summed E-state index contributed by atoms with van der Waals surface area (Å²) in [5.41, 5.74) is 15.2. The number of nitrogens with zero attached hydrogens (tertiary/aromatic N) is 2. The molecule has 10 aromatic carbocycles. The molecule has 0 saturated heterocycles. The van der Waals surface area contributed by atoms with E-state index in [4.69, 9.17) is 4.42 Å². The number of hydrogen-bond acceptors (Lipinski definition) is 2. The van der Waals surface area contributed by atoms with Crippen LogP contribution in [-0.4, -0.2) is 4.57 Å². The number of fused-ring (bicyclic) bond motifs is 7. The first-order valence-corrected chi connectivity index (χ1v) is 20.8. The molecule has 12 aromatic rings. The van der Waals surface area contributed by atoms with E-state index in [0.29, 0.717) is 0 Å². The summed E-state index contributed by atoms with van der Waals surface area (Å²) in [7, 11) is 0. The van der Waals surface area contributed by atoms with Gasteiger partial charge in [-0.1, -0.05) is 176 Å². The molecule has 286 valence electrons. The first-order chi connectivity index (χ1) is 30.3. The highest BCUT2D eigenvalue weighted by Crippen LogP contribution is 2.46. The molecule has 2 aromatic heterocycles. The molecule has 3 heteroatoms. The summed E-state index contributed by atoms with van der Waals surface area (Å²) >= 11 is 0. The fourth-order valence-electron chi connectivity index (χ4n) is 9.34. The molecule has 0 atom stereocenters. The van der Waals surface area contributed by atoms with Gasteiger partial charge in [-0.25, -0.2) is 0 Å². The molecule has 0 saturated carbocycles. The van der Waals surface area contributed by atoms with Crippen molar-refractivity contribution in [2.24, 2.45) is 0 Å². The van der Waals surface area contributed by atoms with Gasteiger partial charge in [0.15, 0.2) is 0 Å². The molecule has 0 fully saturated rings. The molecule has 0 aliphatic rings. The number of furan rings is 1. The van der Waals surface area contributed by atoms with Crippen LogP contribution in [0.2, 0.25) is 0 Å². The number of benzene rings is 10. The van der Waals surface area contributed by atoms with Gasteiger partial charge in [0.25, 0.3) is 0 Å². The minimum Gasteiger partial charge on any atom is -0.455 e. The molecule has 0 amide bonds. The van der Waals surface area contributed by atoms with Crippen molar-refractivity contribution in [2.75, 3.05) is 4.90 Å². The second-order valence-corrected chi connectivity index (χ2v) is 15.7. The molecular formula is C58H38N2O. The van der Waals surface area contributed by atoms with Crippen LogP contribution in [-0.2, 0) is 0 Å². The first kappa shape index (κ1) is 34.9. The Kier molecular flexibility index (Phi) is 8.17. The summed E-state index contributed by atoms with van der Waals surface area (Å²) < 4.78 is 9.13. The van der Waals surface area contributed by atoms with Crippen LogP contribution in [0.4, 0.5) is 17.1 Å². The van der Waals surface area contributed by atoms with Crippen LogP contribution >= 0.6 is 0 Å². The zero-order chi connectivity index (χ0) is 40.3. The lowest BCUT2D eigenvalue weighted by Gasteiger charge is -2.28. The van der Waals surface area contributed by atoms with Gasteiger partial charge >= 0.3 is 0 Å². The third-order valence-electron chi connectivity index (χ3n) is 12.2. The van der Waals surface area contributed by atoms with Crippen molar-refractivity contribution in [1.29, 1.82) is 0 Å². The van der Waals surface area contributed by atoms with E-state index in [9.17, 15) is 0 Å². The van der Waals surface area contributed by atoms with Gasteiger partial charge in [-0.15, -0.1) is 0 Å². The Morgan fingerprint density at radius 2 is 0.934 bits per heavy atom. The number of rotatable bonds is 7. The van der Waals surface area contributed by atoms with Crippen molar-refractivity contribution < 1.29 is 4.42 Å². The topological polar surface area (TPSA) is 21.3 Å². The third kappa shape index (κ3) is 5.82. The standard InChI is InChI=1S/C58H38N2O/c1-3-16-39(17-4-1)40-30-32-44(33-31-40)59(53-27-12-10-23-47(53)50-25-15-26-51-49-24-11-14-29-57(49)61-58(50)51)45-34-35-48-46-22-9-13-28-54(46)60(56(48)38-45)55-37-43-21-8-7-20-42(43)36-52(55)41-18-5-2-6-19-41/h1-38H. The lowest BCUT2D eigenvalue weighted by atomic mass is 9.98. The molecule has 0 aliphatic heterocycles. The number of anilines is 3. The fourth-order valence-corrected chi connectivity index (χ4v) is 9.34. The van der Waals surface area contributed by atoms with E-state index in [1.54, 1.807) is 0 Å². The van der Waals surface area contributed by atoms with Gasteiger partial charge in [-0.05, 0) is 82.1 Å². The van der Waals surface area contributed by atoms with Crippen molar-refractivity contribution in [3.8, 4) is 39.1 Å². The Balaban J connectivity index is 1.13. The summed E-state index contributed by atoms with van der Waals surface area (Å²) in [5.74, 6) is 0. The molecule has 12 rings (SSSR count). The maximum atomic E-state index is 6.66. The van der Waals surface area contributed by atoms with Crippen molar-refractivity contribution in [3.63, 3.8) is 0 Å². The van der Waals surface area contributed by atoms with Crippen LogP contribution < -0.4 is 4.90 Å². The van der Waals surface area contributed by atoms with Gasteiger partial charge in [0.1, 0.15) is 11.2 Å². The number of para-hydroxylation sites is 4. The maximum Gasteiger partial charge on any atom is 0.143 e. The average molecular weight is 779 g/mol. The Labute approximate surface area is 353 Å². The zero-order valence-corrected chi connectivity index (χ0v) is 33.2. The van der Waals surface area contributed by atoms with E-state index in [0.717, 1.165) is 66.8 Å². The Bertz CT molecular complexity index is 3580. The largest absolute Gasteiger partial charge is 0.455 e. The average Bonchev–Trinajstić information content (AvgIpc) is 3.88. The highest BCUT2D eigenvalue weighted by molar-refractivity contribution is 6.13. The molecule has 61 heavy (non-hydrogen) atoms. The molecule has 0 spiro atoms. The summed E-state index contributed by atoms with van der Waals surface area (Å²) in [6.45, 7) is 0. The van der Waals surface area contributed by atoms with Gasteiger partial charge in [-0.2, -0.15) is 0 Å². The van der Waals surface area contributed by atoms with Gasteiger partial charge in [0.05, 0.1) is 22.4 Å². The first-order valence-electron chi connectivity index (χ1n) is 20.8. The van der Waals surface area contributed by atoms with Crippen molar-refractivity contribution >= 4 is 71.6 Å². The monoisotopic (exact) mass is 778 g/mol. The van der Waals surface area contributed by atoms with Gasteiger partial charge < -0.3 is 13.9 Å². The normalized spacial score (nSPS) is 11.6. The second kappa shape index (κ2) is 14.3. The Morgan fingerprint density at radius 3 is 1.75 bits per heavy atom. The summed E-state index contributed by atoms with van der Waals surface area (Å²) in [6, 6.07) is 83.0. The lowest BCUT2D eigenvalue weighted by Crippen LogP contribution is -2.11. The molecule has 3 nitrogen and oxygen atoms in total. The maximum absolute atomic E-state index is 6.66. The number of hydrogen-bond donors (Lipinski definition) is 0. The van der Waals surface area contributed by atoms with Gasteiger partial charge in [0.2, 0.25) is 0 Å². The van der Waals surface area contributed by atoms with E-state index >= 15 is 0 Å². The summed E-state index contributed by atoms with van der Waals surface area (Å²) in [6.07, 6.45) is 0. The van der Waals surface area contributed by atoms with Gasteiger partial charge in [-0.3, -0.25) is 0 Å². The zero-order valence-electron chi connectivity index (χ0n) is 33.2. The molecule has 0 radical (unpaired) electrons. The van der Waals surface area contributed by atoms with E-state index in [1.165, 1.54) is 43.8 Å². The third-order valence-corrected chi connectivity index (χ3v) is 12.2. The van der Waals surface area contributed by atoms with Crippen molar-refractivity contribution in [1.82, 2.24) is 4.57 Å². The fraction of sp³-hybridized carbons (Fsp3) is 0. The SMILES string of the molecule is c1ccc(-c2ccc(N(c3ccc4c5ccccc5n(-c5cc6ccccc6cc5-c5ccccc5)c4c3)c3ccccc3-c3cccc4c3oc3ccccc34)cc2)cc1. The predicted molar refractivity (Wildman–Crippen MR) is 257 cm³/mol. The van der Waals surface area contributed by atoms with Crippen molar-refractivity contribution in [2.45, 2.75) is 0 Å². The lowest BCUT2D eigenvalue weighted by molar-refractivity contribution is 0.670. The van der Waals surface area contributed by atoms with Crippen LogP contribution in [0.3, 0.4) is 0 Å². The van der Waals surface area contributed by atoms with E-state index < -0.39 is 0 Å². The van der Waals surface area contributed by atoms with Crippen LogP contribution in [0.15, 0.2) is 235 Å². The minimum atomic E-state index is 0.885. The van der Waals surface area contributed by atoms with Crippen LogP contribution in [0.1, 0.15) is 0 Å². The Hall–Kier alpha value is -8.14. The highest BCUT2D eigenvalue weighted by atomic mass is 16.3. The van der Waals surface area contributed by atoms with Gasteiger partial charge in [0, 0.05) is 49.6 Å². The van der Waals surface area contributed by atoms with Crippen LogP contribution in [0, 0.1) is 0 Å². The second-order valence-electron chi connectivity index (χ2n) is 15.7. The molecule has 0 N–H and O–H groups in total. The smallest absolute Gasteiger partial charge is 0.143 e. The molecule has 0 bridgehead atoms. The van der Waals surface area contributed by atoms with E-state index in [-0.39, 0.29) is 0 Å².